The molecule has 6 rings (SSSR count). The Labute approximate surface area is 189 Å². The molecule has 1 saturated heterocycles. The molecule has 9 heteroatoms. The zero-order valence-electron chi connectivity index (χ0n) is 17.3. The smallest absolute Gasteiger partial charge is 0.131 e. The zero-order valence-corrected chi connectivity index (χ0v) is 18.9. The SMILES string of the molecule is O=[S@]1CCc2nc(N3CC4(CC(c5ncc(Cl)cn5)C4)C3)cc(NC3(CO)CCC3)c21. The van der Waals surface area contributed by atoms with Gasteiger partial charge in [-0.05, 0) is 32.1 Å². The van der Waals surface area contributed by atoms with E-state index in [2.05, 4.69) is 26.3 Å². The standard InChI is InChI=1S/C22H26ClN5O2S/c23-15-9-24-20(25-10-15)14-7-21(8-14)11-28(12-21)18-6-17(27-22(13-29)3-1-4-22)19-16(26-18)2-5-31(19)30/h6,9-10,14,29H,1-5,7-8,11-13H2,(H,26,27)/t31-/m0/s1. The van der Waals surface area contributed by atoms with E-state index >= 15 is 0 Å². The number of nitrogens with one attached hydrogen (secondary N) is 1. The number of hydrogen-bond donors (Lipinski definition) is 2. The highest BCUT2D eigenvalue weighted by molar-refractivity contribution is 7.85. The minimum atomic E-state index is -1.01. The van der Waals surface area contributed by atoms with Crippen molar-refractivity contribution in [1.29, 1.82) is 0 Å². The summed E-state index contributed by atoms with van der Waals surface area (Å²) in [4.78, 5) is 16.8. The maximum absolute atomic E-state index is 12.6. The van der Waals surface area contributed by atoms with Crippen molar-refractivity contribution in [3.8, 4) is 0 Å². The number of fused-ring (bicyclic) bond motifs is 1. The van der Waals surface area contributed by atoms with Crippen molar-refractivity contribution < 1.29 is 9.32 Å². The van der Waals surface area contributed by atoms with Crippen molar-refractivity contribution in [2.75, 3.05) is 35.7 Å². The average Bonchev–Trinajstić information content (AvgIpc) is 3.05. The van der Waals surface area contributed by atoms with Gasteiger partial charge in [-0.25, -0.2) is 15.0 Å². The molecule has 2 saturated carbocycles. The van der Waals surface area contributed by atoms with Gasteiger partial charge in [-0.1, -0.05) is 11.6 Å². The Hall–Kier alpha value is -1.77. The molecule has 0 aromatic carbocycles. The number of halogens is 1. The first-order chi connectivity index (χ1) is 15.0. The Morgan fingerprint density at radius 2 is 2.00 bits per heavy atom. The van der Waals surface area contributed by atoms with Gasteiger partial charge in [-0.2, -0.15) is 0 Å². The number of pyridine rings is 1. The number of aliphatic hydroxyl groups excluding tert-OH is 1. The lowest BCUT2D eigenvalue weighted by Gasteiger charge is -2.59. The van der Waals surface area contributed by atoms with Gasteiger partial charge in [0.25, 0.3) is 0 Å². The van der Waals surface area contributed by atoms with Crippen LogP contribution in [0.15, 0.2) is 23.4 Å². The fourth-order valence-electron chi connectivity index (χ4n) is 5.64. The molecule has 0 amide bonds. The number of aromatic nitrogens is 3. The molecule has 2 aliphatic heterocycles. The Bertz CT molecular complexity index is 1040. The number of nitrogens with zero attached hydrogens (tertiary/aromatic N) is 4. The number of hydrogen-bond acceptors (Lipinski definition) is 7. The van der Waals surface area contributed by atoms with Crippen molar-refractivity contribution >= 4 is 33.9 Å². The van der Waals surface area contributed by atoms with Crippen LogP contribution in [-0.4, -0.2) is 55.3 Å². The molecule has 1 spiro atoms. The summed E-state index contributed by atoms with van der Waals surface area (Å²) in [5.41, 5.74) is 1.92. The first-order valence-electron chi connectivity index (χ1n) is 11.0. The molecular formula is C22H26ClN5O2S. The van der Waals surface area contributed by atoms with Crippen molar-refractivity contribution in [3.63, 3.8) is 0 Å². The largest absolute Gasteiger partial charge is 0.394 e. The maximum atomic E-state index is 12.6. The number of rotatable bonds is 5. The molecule has 2 aromatic rings. The molecule has 0 bridgehead atoms. The second kappa shape index (κ2) is 7.12. The first-order valence-corrected chi connectivity index (χ1v) is 12.7. The third-order valence-corrected chi connectivity index (χ3v) is 9.22. The van der Waals surface area contributed by atoms with Crippen LogP contribution in [0.5, 0.6) is 0 Å². The molecule has 4 heterocycles. The van der Waals surface area contributed by atoms with E-state index in [9.17, 15) is 9.32 Å². The van der Waals surface area contributed by atoms with E-state index in [1.807, 2.05) is 0 Å². The summed E-state index contributed by atoms with van der Waals surface area (Å²) in [6, 6.07) is 2.06. The summed E-state index contributed by atoms with van der Waals surface area (Å²) in [5.74, 6) is 2.91. The third kappa shape index (κ3) is 3.26. The Morgan fingerprint density at radius 3 is 2.65 bits per heavy atom. The zero-order chi connectivity index (χ0) is 21.2. The predicted molar refractivity (Wildman–Crippen MR) is 120 cm³/mol. The van der Waals surface area contributed by atoms with Gasteiger partial charge in [-0.15, -0.1) is 0 Å². The molecule has 31 heavy (non-hydrogen) atoms. The molecule has 164 valence electrons. The van der Waals surface area contributed by atoms with Gasteiger partial charge in [0.15, 0.2) is 0 Å². The van der Waals surface area contributed by atoms with Crippen molar-refractivity contribution in [2.24, 2.45) is 5.41 Å². The van der Waals surface area contributed by atoms with Gasteiger partial charge in [0, 0.05) is 55.1 Å². The van der Waals surface area contributed by atoms with Crippen LogP contribution in [0.3, 0.4) is 0 Å². The Morgan fingerprint density at radius 1 is 1.26 bits per heavy atom. The summed E-state index contributed by atoms with van der Waals surface area (Å²) in [6.45, 7) is 2.07. The van der Waals surface area contributed by atoms with E-state index < -0.39 is 10.8 Å². The van der Waals surface area contributed by atoms with E-state index in [1.54, 1.807) is 12.4 Å². The molecule has 7 nitrogen and oxygen atoms in total. The summed E-state index contributed by atoms with van der Waals surface area (Å²) < 4.78 is 12.6. The fraction of sp³-hybridized carbons (Fsp3) is 0.591. The van der Waals surface area contributed by atoms with Crippen LogP contribution in [0, 0.1) is 5.41 Å². The first kappa shape index (κ1) is 19.9. The molecule has 2 aliphatic carbocycles. The molecular weight excluding hydrogens is 434 g/mol. The monoisotopic (exact) mass is 459 g/mol. The van der Waals surface area contributed by atoms with Crippen LogP contribution in [0.25, 0.3) is 0 Å². The molecule has 4 aliphatic rings. The van der Waals surface area contributed by atoms with Crippen LogP contribution in [0.2, 0.25) is 5.02 Å². The summed E-state index contributed by atoms with van der Waals surface area (Å²) >= 11 is 5.91. The van der Waals surface area contributed by atoms with E-state index in [1.165, 1.54) is 0 Å². The Balaban J connectivity index is 1.18. The van der Waals surface area contributed by atoms with Crippen molar-refractivity contribution in [1.82, 2.24) is 15.0 Å². The molecule has 1 atom stereocenters. The summed E-state index contributed by atoms with van der Waals surface area (Å²) in [7, 11) is -1.01. The van der Waals surface area contributed by atoms with Crippen molar-refractivity contribution in [3.05, 3.63) is 35.0 Å². The predicted octanol–water partition coefficient (Wildman–Crippen LogP) is 2.90. The topological polar surface area (TPSA) is 91.2 Å². The van der Waals surface area contributed by atoms with E-state index in [-0.39, 0.29) is 12.1 Å². The minimum Gasteiger partial charge on any atom is -0.394 e. The van der Waals surface area contributed by atoms with Gasteiger partial charge in [-0.3, -0.25) is 4.21 Å². The molecule has 3 fully saturated rings. The third-order valence-electron chi connectivity index (χ3n) is 7.54. The van der Waals surface area contributed by atoms with Crippen LogP contribution < -0.4 is 10.2 Å². The van der Waals surface area contributed by atoms with Crippen molar-refractivity contribution in [2.45, 2.75) is 54.9 Å². The molecule has 0 radical (unpaired) electrons. The summed E-state index contributed by atoms with van der Waals surface area (Å²) in [6.07, 6.45) is 9.31. The maximum Gasteiger partial charge on any atom is 0.131 e. The highest BCUT2D eigenvalue weighted by atomic mass is 35.5. The lowest BCUT2D eigenvalue weighted by atomic mass is 9.57. The number of aliphatic hydroxyl groups is 1. The van der Waals surface area contributed by atoms with Gasteiger partial charge >= 0.3 is 0 Å². The molecule has 2 N–H and O–H groups in total. The van der Waals surface area contributed by atoms with Gasteiger partial charge in [0.2, 0.25) is 0 Å². The normalized spacial score (nSPS) is 25.5. The highest BCUT2D eigenvalue weighted by Crippen LogP contribution is 2.56. The lowest BCUT2D eigenvalue weighted by Crippen LogP contribution is -2.62. The van der Waals surface area contributed by atoms with Gasteiger partial charge in [0.05, 0.1) is 44.2 Å². The Kier molecular flexibility index (Phi) is 4.56. The quantitative estimate of drug-likeness (QED) is 0.710. The minimum absolute atomic E-state index is 0.104. The second-order valence-electron chi connectivity index (χ2n) is 9.74. The fourth-order valence-corrected chi connectivity index (χ4v) is 7.08. The van der Waals surface area contributed by atoms with Gasteiger partial charge in [0.1, 0.15) is 11.6 Å². The van der Waals surface area contributed by atoms with E-state index in [0.29, 0.717) is 22.1 Å². The van der Waals surface area contributed by atoms with E-state index in [0.717, 1.165) is 79.5 Å². The molecule has 2 aromatic heterocycles. The number of anilines is 2. The average molecular weight is 460 g/mol. The van der Waals surface area contributed by atoms with E-state index in [4.69, 9.17) is 16.6 Å². The molecule has 0 unspecified atom stereocenters. The van der Waals surface area contributed by atoms with Crippen LogP contribution >= 0.6 is 11.6 Å². The van der Waals surface area contributed by atoms with Crippen LogP contribution in [0.1, 0.15) is 49.5 Å². The van der Waals surface area contributed by atoms with Crippen LogP contribution in [0.4, 0.5) is 11.5 Å². The van der Waals surface area contributed by atoms with Crippen LogP contribution in [-0.2, 0) is 17.2 Å². The number of aryl methyl sites for hydroxylation is 1. The second-order valence-corrected chi connectivity index (χ2v) is 11.7. The summed E-state index contributed by atoms with van der Waals surface area (Å²) in [5, 5.41) is 14.0. The highest BCUT2D eigenvalue weighted by Gasteiger charge is 2.54. The van der Waals surface area contributed by atoms with Gasteiger partial charge < -0.3 is 15.3 Å². The lowest BCUT2D eigenvalue weighted by molar-refractivity contribution is 0.0589.